The molecule has 0 spiro atoms. The highest BCUT2D eigenvalue weighted by Gasteiger charge is 2.25. The second kappa shape index (κ2) is 12.5. The van der Waals surface area contributed by atoms with Gasteiger partial charge in [0.25, 0.3) is 0 Å². The van der Waals surface area contributed by atoms with E-state index in [1.165, 1.54) is 6.08 Å². The standard InChI is InChI=1S/C31H38O6/c1-9-11-22-19-23(26(35-18-10-2)20-27(22)37-29(34)31(6,7)8)14-17-25(32)21-12-15-24(16-13-21)36-28(33)30(3,4)5/h9,12-17,19-20H,1,10-11,18H2,2-8H3. The number of ether oxygens (including phenoxy) is 3. The highest BCUT2D eigenvalue weighted by molar-refractivity contribution is 6.07. The number of carbonyl (C=O) groups excluding carboxylic acids is 3. The molecule has 0 aliphatic rings. The Morgan fingerprint density at radius 2 is 1.46 bits per heavy atom. The van der Waals surface area contributed by atoms with Crippen LogP contribution in [-0.4, -0.2) is 24.3 Å². The molecule has 0 saturated heterocycles. The Hall–Kier alpha value is -3.67. The molecule has 37 heavy (non-hydrogen) atoms. The van der Waals surface area contributed by atoms with Gasteiger partial charge in [0.1, 0.15) is 17.2 Å². The van der Waals surface area contributed by atoms with Gasteiger partial charge in [0.15, 0.2) is 5.78 Å². The van der Waals surface area contributed by atoms with Gasteiger partial charge in [0, 0.05) is 17.2 Å². The zero-order chi connectivity index (χ0) is 27.8. The molecule has 0 amide bonds. The van der Waals surface area contributed by atoms with Crippen LogP contribution in [0.4, 0.5) is 0 Å². The predicted molar refractivity (Wildman–Crippen MR) is 146 cm³/mol. The number of ketones is 1. The first-order valence-corrected chi connectivity index (χ1v) is 12.4. The van der Waals surface area contributed by atoms with Gasteiger partial charge in [0.2, 0.25) is 0 Å². The maximum Gasteiger partial charge on any atom is 0.316 e. The second-order valence-electron chi connectivity index (χ2n) is 10.8. The minimum atomic E-state index is -0.665. The van der Waals surface area contributed by atoms with Gasteiger partial charge in [-0.1, -0.05) is 13.0 Å². The van der Waals surface area contributed by atoms with E-state index in [1.54, 1.807) is 84.0 Å². The van der Waals surface area contributed by atoms with Crippen molar-refractivity contribution in [3.8, 4) is 17.2 Å². The monoisotopic (exact) mass is 506 g/mol. The minimum Gasteiger partial charge on any atom is -0.493 e. The summed E-state index contributed by atoms with van der Waals surface area (Å²) in [5.74, 6) is 0.385. The van der Waals surface area contributed by atoms with Crippen molar-refractivity contribution < 1.29 is 28.6 Å². The number of hydrogen-bond donors (Lipinski definition) is 0. The number of esters is 2. The van der Waals surface area contributed by atoms with Gasteiger partial charge >= 0.3 is 11.9 Å². The number of rotatable bonds is 10. The molecular formula is C31H38O6. The van der Waals surface area contributed by atoms with Crippen LogP contribution in [0.25, 0.3) is 6.08 Å². The highest BCUT2D eigenvalue weighted by atomic mass is 16.5. The summed E-state index contributed by atoms with van der Waals surface area (Å²) in [6, 6.07) is 9.97. The number of allylic oxidation sites excluding steroid dienone is 2. The Balaban J connectivity index is 2.33. The summed E-state index contributed by atoms with van der Waals surface area (Å²) in [5.41, 5.74) is 0.602. The van der Waals surface area contributed by atoms with Crippen molar-refractivity contribution in [1.82, 2.24) is 0 Å². The van der Waals surface area contributed by atoms with Crippen molar-refractivity contribution >= 4 is 23.8 Å². The molecule has 0 aromatic heterocycles. The smallest absolute Gasteiger partial charge is 0.316 e. The lowest BCUT2D eigenvalue weighted by molar-refractivity contribution is -0.143. The molecule has 198 valence electrons. The van der Waals surface area contributed by atoms with E-state index in [0.717, 1.165) is 12.0 Å². The van der Waals surface area contributed by atoms with Gasteiger partial charge in [-0.3, -0.25) is 14.4 Å². The van der Waals surface area contributed by atoms with E-state index in [2.05, 4.69) is 6.58 Å². The minimum absolute atomic E-state index is 0.219. The fourth-order valence-corrected chi connectivity index (χ4v) is 2.96. The molecule has 0 saturated carbocycles. The molecular weight excluding hydrogens is 468 g/mol. The normalized spacial score (nSPS) is 11.8. The van der Waals surface area contributed by atoms with E-state index in [-0.39, 0.29) is 17.7 Å². The third-order valence-electron chi connectivity index (χ3n) is 5.21. The fraction of sp³-hybridized carbons (Fsp3) is 0.387. The summed E-state index contributed by atoms with van der Waals surface area (Å²) in [6.45, 7) is 17.0. The molecule has 0 aliphatic carbocycles. The summed E-state index contributed by atoms with van der Waals surface area (Å²) in [7, 11) is 0. The number of carbonyl (C=O) groups is 3. The van der Waals surface area contributed by atoms with E-state index < -0.39 is 10.8 Å². The van der Waals surface area contributed by atoms with Crippen molar-refractivity contribution in [2.45, 2.75) is 61.3 Å². The number of hydrogen-bond acceptors (Lipinski definition) is 6. The molecule has 0 N–H and O–H groups in total. The van der Waals surface area contributed by atoms with Crippen molar-refractivity contribution in [2.75, 3.05) is 6.61 Å². The van der Waals surface area contributed by atoms with Gasteiger partial charge in [-0.2, -0.15) is 0 Å². The Kier molecular flexibility index (Phi) is 10.0. The summed E-state index contributed by atoms with van der Waals surface area (Å²) in [4.78, 5) is 37.5. The third kappa shape index (κ3) is 8.74. The summed E-state index contributed by atoms with van der Waals surface area (Å²) < 4.78 is 17.0. The second-order valence-corrected chi connectivity index (χ2v) is 10.8. The van der Waals surface area contributed by atoms with E-state index in [4.69, 9.17) is 14.2 Å². The maximum absolute atomic E-state index is 12.8. The van der Waals surface area contributed by atoms with Gasteiger partial charge in [-0.25, -0.2) is 0 Å². The van der Waals surface area contributed by atoms with Gasteiger partial charge < -0.3 is 14.2 Å². The molecule has 0 unspecified atom stereocenters. The molecule has 0 aliphatic heterocycles. The summed E-state index contributed by atoms with van der Waals surface area (Å²) >= 11 is 0. The quantitative estimate of drug-likeness (QED) is 0.113. The van der Waals surface area contributed by atoms with Gasteiger partial charge in [-0.15, -0.1) is 6.58 Å². The first kappa shape index (κ1) is 29.6. The van der Waals surface area contributed by atoms with Crippen molar-refractivity contribution in [3.63, 3.8) is 0 Å². The molecule has 2 aromatic carbocycles. The topological polar surface area (TPSA) is 78.9 Å². The van der Waals surface area contributed by atoms with Crippen LogP contribution >= 0.6 is 0 Å². The van der Waals surface area contributed by atoms with Crippen molar-refractivity contribution in [3.05, 3.63) is 71.8 Å². The van der Waals surface area contributed by atoms with Crippen LogP contribution in [0.1, 0.15) is 76.4 Å². The SMILES string of the molecule is C=CCc1cc(C=CC(=O)c2ccc(OC(=O)C(C)(C)C)cc2)c(OCCC)cc1OC(=O)C(C)(C)C. The van der Waals surface area contributed by atoms with Crippen LogP contribution in [0, 0.1) is 10.8 Å². The Labute approximate surface area is 220 Å². The van der Waals surface area contributed by atoms with E-state index in [0.29, 0.717) is 41.4 Å². The Morgan fingerprint density at radius 1 is 0.865 bits per heavy atom. The predicted octanol–water partition coefficient (Wildman–Crippen LogP) is 7.00. The van der Waals surface area contributed by atoms with Crippen LogP contribution in [0.3, 0.4) is 0 Å². The fourth-order valence-electron chi connectivity index (χ4n) is 2.96. The number of benzene rings is 2. The molecule has 0 heterocycles. The lowest BCUT2D eigenvalue weighted by Crippen LogP contribution is -2.26. The van der Waals surface area contributed by atoms with Gasteiger partial charge in [-0.05, 0) is 102 Å². The zero-order valence-corrected chi connectivity index (χ0v) is 23.0. The average molecular weight is 507 g/mol. The largest absolute Gasteiger partial charge is 0.493 e. The maximum atomic E-state index is 12.8. The van der Waals surface area contributed by atoms with Crippen LogP contribution in [0.15, 0.2) is 55.1 Å². The molecule has 2 rings (SSSR count). The Morgan fingerprint density at radius 3 is 2.00 bits per heavy atom. The van der Waals surface area contributed by atoms with E-state index in [9.17, 15) is 14.4 Å². The third-order valence-corrected chi connectivity index (χ3v) is 5.21. The molecule has 2 aromatic rings. The molecule has 0 bridgehead atoms. The van der Waals surface area contributed by atoms with E-state index in [1.807, 2.05) is 13.0 Å². The highest BCUT2D eigenvalue weighted by Crippen LogP contribution is 2.33. The van der Waals surface area contributed by atoms with Crippen LogP contribution < -0.4 is 14.2 Å². The van der Waals surface area contributed by atoms with Crippen LogP contribution in [0.5, 0.6) is 17.2 Å². The lowest BCUT2D eigenvalue weighted by Gasteiger charge is -2.19. The first-order chi connectivity index (χ1) is 17.3. The molecule has 6 heteroatoms. The molecule has 0 atom stereocenters. The van der Waals surface area contributed by atoms with E-state index >= 15 is 0 Å². The van der Waals surface area contributed by atoms with Crippen molar-refractivity contribution in [1.29, 1.82) is 0 Å². The van der Waals surface area contributed by atoms with Crippen LogP contribution in [-0.2, 0) is 16.0 Å². The lowest BCUT2D eigenvalue weighted by atomic mass is 9.97. The molecule has 6 nitrogen and oxygen atoms in total. The summed E-state index contributed by atoms with van der Waals surface area (Å²) in [5, 5.41) is 0. The summed E-state index contributed by atoms with van der Waals surface area (Å²) in [6.07, 6.45) is 6.14. The van der Waals surface area contributed by atoms with Gasteiger partial charge in [0.05, 0.1) is 17.4 Å². The van der Waals surface area contributed by atoms with Crippen molar-refractivity contribution in [2.24, 2.45) is 10.8 Å². The Bertz CT molecular complexity index is 1160. The molecule has 0 fully saturated rings. The zero-order valence-electron chi connectivity index (χ0n) is 23.0. The average Bonchev–Trinajstić information content (AvgIpc) is 2.82. The first-order valence-electron chi connectivity index (χ1n) is 12.4. The molecule has 0 radical (unpaired) electrons. The van der Waals surface area contributed by atoms with Crippen LogP contribution in [0.2, 0.25) is 0 Å².